The topological polar surface area (TPSA) is 60.9 Å². The lowest BCUT2D eigenvalue weighted by atomic mass is 9.93. The van der Waals surface area contributed by atoms with Gasteiger partial charge in [0.25, 0.3) is 0 Å². The zero-order chi connectivity index (χ0) is 18.8. The molecular formula is C21H33N3O3. The van der Waals surface area contributed by atoms with Crippen LogP contribution in [0.2, 0.25) is 0 Å². The summed E-state index contributed by atoms with van der Waals surface area (Å²) in [6, 6.07) is 0.316. The van der Waals surface area contributed by atoms with E-state index in [1.165, 1.54) is 12.8 Å². The molecule has 3 aliphatic heterocycles. The summed E-state index contributed by atoms with van der Waals surface area (Å²) >= 11 is 0. The number of hydrogen-bond acceptors (Lipinski definition) is 3. The maximum Gasteiger partial charge on any atom is 0.227 e. The third kappa shape index (κ3) is 3.99. The van der Waals surface area contributed by atoms with Crippen molar-refractivity contribution in [2.24, 2.45) is 11.8 Å². The van der Waals surface area contributed by atoms with Crippen LogP contribution in [0.3, 0.4) is 0 Å². The summed E-state index contributed by atoms with van der Waals surface area (Å²) in [5, 5.41) is 0. The van der Waals surface area contributed by atoms with E-state index in [0.717, 1.165) is 71.1 Å². The fraction of sp³-hybridized carbons (Fsp3) is 0.857. The minimum absolute atomic E-state index is 0.0333. The highest BCUT2D eigenvalue weighted by Gasteiger charge is 2.37. The van der Waals surface area contributed by atoms with Crippen molar-refractivity contribution in [3.63, 3.8) is 0 Å². The van der Waals surface area contributed by atoms with Crippen LogP contribution >= 0.6 is 0 Å². The van der Waals surface area contributed by atoms with Crippen molar-refractivity contribution in [3.05, 3.63) is 0 Å². The molecule has 1 saturated carbocycles. The highest BCUT2D eigenvalue weighted by molar-refractivity contribution is 5.83. The Morgan fingerprint density at radius 1 is 0.704 bits per heavy atom. The number of likely N-dealkylation sites (tertiary alicyclic amines) is 3. The van der Waals surface area contributed by atoms with Gasteiger partial charge in [0.05, 0.1) is 5.92 Å². The normalized spacial score (nSPS) is 28.2. The molecule has 6 heteroatoms. The quantitative estimate of drug-likeness (QED) is 0.758. The molecule has 0 spiro atoms. The number of piperidine rings is 2. The van der Waals surface area contributed by atoms with Crippen molar-refractivity contribution < 1.29 is 14.4 Å². The predicted molar refractivity (Wildman–Crippen MR) is 102 cm³/mol. The second-order valence-corrected chi connectivity index (χ2v) is 8.85. The van der Waals surface area contributed by atoms with Gasteiger partial charge in [0, 0.05) is 51.1 Å². The van der Waals surface area contributed by atoms with Gasteiger partial charge in [0.15, 0.2) is 0 Å². The Kier molecular flexibility index (Phi) is 5.69. The molecule has 0 aromatic heterocycles. The Morgan fingerprint density at radius 2 is 1.37 bits per heavy atom. The minimum atomic E-state index is -0.0333. The molecule has 27 heavy (non-hydrogen) atoms. The second kappa shape index (κ2) is 8.19. The Labute approximate surface area is 162 Å². The number of rotatable bonds is 3. The Bertz CT molecular complexity index is 579. The third-order valence-electron chi connectivity index (χ3n) is 7.11. The average molecular weight is 376 g/mol. The molecule has 0 aromatic carbocycles. The zero-order valence-electron chi connectivity index (χ0n) is 16.4. The lowest BCUT2D eigenvalue weighted by Crippen LogP contribution is -2.51. The number of carbonyl (C=O) groups excluding carboxylic acids is 3. The number of hydrogen-bond donors (Lipinski definition) is 0. The molecule has 150 valence electrons. The molecule has 3 saturated heterocycles. The van der Waals surface area contributed by atoms with E-state index in [9.17, 15) is 14.4 Å². The van der Waals surface area contributed by atoms with Crippen LogP contribution < -0.4 is 0 Å². The van der Waals surface area contributed by atoms with Gasteiger partial charge in [-0.1, -0.05) is 12.8 Å². The van der Waals surface area contributed by atoms with Gasteiger partial charge in [-0.2, -0.15) is 0 Å². The highest BCUT2D eigenvalue weighted by Crippen LogP contribution is 2.30. The van der Waals surface area contributed by atoms with Crippen LogP contribution in [0.15, 0.2) is 0 Å². The van der Waals surface area contributed by atoms with Crippen LogP contribution in [0, 0.1) is 11.8 Å². The van der Waals surface area contributed by atoms with Crippen LogP contribution in [0.4, 0.5) is 0 Å². The molecule has 4 rings (SSSR count). The first-order valence-corrected chi connectivity index (χ1v) is 11.0. The van der Waals surface area contributed by atoms with E-state index in [-0.39, 0.29) is 29.6 Å². The molecule has 4 aliphatic rings. The Morgan fingerprint density at radius 3 is 2.04 bits per heavy atom. The first-order valence-electron chi connectivity index (χ1n) is 11.0. The molecule has 0 N–H and O–H groups in total. The first kappa shape index (κ1) is 18.8. The summed E-state index contributed by atoms with van der Waals surface area (Å²) < 4.78 is 0. The second-order valence-electron chi connectivity index (χ2n) is 8.85. The van der Waals surface area contributed by atoms with Gasteiger partial charge in [-0.3, -0.25) is 14.4 Å². The molecule has 6 nitrogen and oxygen atoms in total. The standard InChI is InChI=1S/C21H33N3O3/c25-19-8-4-12-24(19)18-9-13-22(14-10-18)21(27)17-7-3-11-23(15-17)20(26)16-5-1-2-6-16/h16-18H,1-15H2. The molecule has 3 amide bonds. The lowest BCUT2D eigenvalue weighted by Gasteiger charge is -2.40. The molecule has 0 bridgehead atoms. The van der Waals surface area contributed by atoms with Crippen LogP contribution in [0.1, 0.15) is 64.2 Å². The zero-order valence-corrected chi connectivity index (χ0v) is 16.4. The summed E-state index contributed by atoms with van der Waals surface area (Å²) in [4.78, 5) is 43.7. The van der Waals surface area contributed by atoms with Crippen molar-refractivity contribution in [3.8, 4) is 0 Å². The number of carbonyl (C=O) groups is 3. The lowest BCUT2D eigenvalue weighted by molar-refractivity contribution is -0.143. The van der Waals surface area contributed by atoms with E-state index in [1.807, 2.05) is 14.7 Å². The monoisotopic (exact) mass is 375 g/mol. The molecule has 3 heterocycles. The van der Waals surface area contributed by atoms with Gasteiger partial charge >= 0.3 is 0 Å². The fourth-order valence-corrected chi connectivity index (χ4v) is 5.52. The maximum absolute atomic E-state index is 13.0. The molecule has 1 unspecified atom stereocenters. The van der Waals surface area contributed by atoms with Crippen molar-refractivity contribution in [2.45, 2.75) is 70.3 Å². The van der Waals surface area contributed by atoms with Gasteiger partial charge in [-0.05, 0) is 44.9 Å². The van der Waals surface area contributed by atoms with Crippen LogP contribution in [0.5, 0.6) is 0 Å². The van der Waals surface area contributed by atoms with Gasteiger partial charge in [0.1, 0.15) is 0 Å². The van der Waals surface area contributed by atoms with Gasteiger partial charge in [-0.25, -0.2) is 0 Å². The molecule has 4 fully saturated rings. The van der Waals surface area contributed by atoms with Crippen molar-refractivity contribution in [1.82, 2.24) is 14.7 Å². The summed E-state index contributed by atoms with van der Waals surface area (Å²) in [6.07, 6.45) is 9.68. The predicted octanol–water partition coefficient (Wildman–Crippen LogP) is 2.03. The van der Waals surface area contributed by atoms with Gasteiger partial charge < -0.3 is 14.7 Å². The maximum atomic E-state index is 13.0. The van der Waals surface area contributed by atoms with E-state index in [4.69, 9.17) is 0 Å². The van der Waals surface area contributed by atoms with E-state index >= 15 is 0 Å². The summed E-state index contributed by atoms with van der Waals surface area (Å²) in [5.41, 5.74) is 0. The van der Waals surface area contributed by atoms with E-state index in [1.54, 1.807) is 0 Å². The van der Waals surface area contributed by atoms with E-state index < -0.39 is 0 Å². The van der Waals surface area contributed by atoms with Crippen LogP contribution in [-0.2, 0) is 14.4 Å². The summed E-state index contributed by atoms with van der Waals surface area (Å²) in [6.45, 7) is 3.82. The molecule has 1 aliphatic carbocycles. The number of amides is 3. The molecule has 1 atom stereocenters. The average Bonchev–Trinajstić information content (AvgIpc) is 3.39. The molecule has 0 aromatic rings. The highest BCUT2D eigenvalue weighted by atomic mass is 16.2. The minimum Gasteiger partial charge on any atom is -0.342 e. The van der Waals surface area contributed by atoms with Crippen molar-refractivity contribution in [2.75, 3.05) is 32.7 Å². The summed E-state index contributed by atoms with van der Waals surface area (Å²) in [7, 11) is 0. The molecule has 0 radical (unpaired) electrons. The Balaban J connectivity index is 1.29. The van der Waals surface area contributed by atoms with Gasteiger partial charge in [-0.15, -0.1) is 0 Å². The van der Waals surface area contributed by atoms with Crippen molar-refractivity contribution >= 4 is 17.7 Å². The SMILES string of the molecule is O=C(C1CCCN(C(=O)C2CCCC2)C1)N1CCC(N2CCCC2=O)CC1. The van der Waals surface area contributed by atoms with E-state index in [2.05, 4.69) is 0 Å². The largest absolute Gasteiger partial charge is 0.342 e. The van der Waals surface area contributed by atoms with Crippen molar-refractivity contribution in [1.29, 1.82) is 0 Å². The van der Waals surface area contributed by atoms with Crippen LogP contribution in [-0.4, -0.2) is 71.2 Å². The summed E-state index contributed by atoms with van der Waals surface area (Å²) in [5.74, 6) is 0.969. The molecular weight excluding hydrogens is 342 g/mol. The Hall–Kier alpha value is -1.59. The fourth-order valence-electron chi connectivity index (χ4n) is 5.52. The van der Waals surface area contributed by atoms with E-state index in [0.29, 0.717) is 19.0 Å². The smallest absolute Gasteiger partial charge is 0.227 e. The number of nitrogens with zero attached hydrogens (tertiary/aromatic N) is 3. The first-order chi connectivity index (χ1) is 13.1. The van der Waals surface area contributed by atoms with Crippen LogP contribution in [0.25, 0.3) is 0 Å². The van der Waals surface area contributed by atoms with Gasteiger partial charge in [0.2, 0.25) is 17.7 Å². The third-order valence-corrected chi connectivity index (χ3v) is 7.11.